The van der Waals surface area contributed by atoms with E-state index in [0.29, 0.717) is 0 Å². The first-order valence-corrected chi connectivity index (χ1v) is 4.05. The maximum Gasteiger partial charge on any atom is 0.0632 e. The summed E-state index contributed by atoms with van der Waals surface area (Å²) in [4.78, 5) is 4.12. The maximum atomic E-state index is 4.12. The van der Waals surface area contributed by atoms with Crippen LogP contribution in [0.15, 0.2) is 31.0 Å². The highest BCUT2D eigenvalue weighted by Crippen LogP contribution is 1.97. The van der Waals surface area contributed by atoms with Crippen LogP contribution in [0.3, 0.4) is 0 Å². The molecule has 62 valence electrons. The molecule has 0 aliphatic carbocycles. The molecule has 0 radical (unpaired) electrons. The second-order valence-corrected chi connectivity index (χ2v) is 2.58. The van der Waals surface area contributed by atoms with Gasteiger partial charge in [0.1, 0.15) is 0 Å². The van der Waals surface area contributed by atoms with Gasteiger partial charge in [-0.3, -0.25) is 4.98 Å². The predicted octanol–water partition coefficient (Wildman–Crippen LogP) is 1.24. The van der Waals surface area contributed by atoms with Gasteiger partial charge in [-0.05, 0) is 18.1 Å². The minimum absolute atomic E-state index is 0.828. The molecule has 0 saturated carbocycles. The first-order valence-electron chi connectivity index (χ1n) is 4.05. The topological polar surface area (TPSA) is 12.9 Å². The van der Waals surface area contributed by atoms with E-state index < -0.39 is 0 Å². The van der Waals surface area contributed by atoms with Crippen molar-refractivity contribution in [2.75, 3.05) is 0 Å². The Bertz CT molecular complexity index is 376. The number of rotatable bonds is 2. The Balaban J connectivity index is 3.53. The Labute approximate surface area is 72.8 Å². The van der Waals surface area contributed by atoms with Crippen molar-refractivity contribution >= 4 is 12.2 Å². The van der Waals surface area contributed by atoms with Crippen molar-refractivity contribution in [1.29, 1.82) is 0 Å². The van der Waals surface area contributed by atoms with E-state index in [-0.39, 0.29) is 0 Å². The summed E-state index contributed by atoms with van der Waals surface area (Å²) in [6.45, 7) is 9.71. The molecule has 0 aliphatic rings. The molecule has 1 aromatic heterocycles. The van der Waals surface area contributed by atoms with Gasteiger partial charge in [-0.2, -0.15) is 0 Å². The smallest absolute Gasteiger partial charge is 0.0632 e. The minimum atomic E-state index is 0.828. The van der Waals surface area contributed by atoms with Gasteiger partial charge in [0, 0.05) is 11.4 Å². The third-order valence-corrected chi connectivity index (χ3v) is 1.86. The van der Waals surface area contributed by atoms with Crippen LogP contribution in [0.4, 0.5) is 0 Å². The third-order valence-electron chi connectivity index (χ3n) is 1.86. The lowest BCUT2D eigenvalue weighted by Crippen LogP contribution is -2.27. The molecule has 1 heterocycles. The fraction of sp³-hybridized carbons (Fsp3) is 0.182. The molecule has 0 atom stereocenters. The molecule has 1 nitrogen and oxygen atoms in total. The number of hydrogen-bond acceptors (Lipinski definition) is 1. The highest BCUT2D eigenvalue weighted by atomic mass is 14.6. The van der Waals surface area contributed by atoms with E-state index in [4.69, 9.17) is 0 Å². The van der Waals surface area contributed by atoms with Crippen molar-refractivity contribution in [3.05, 3.63) is 41.6 Å². The first-order chi connectivity index (χ1) is 5.79. The van der Waals surface area contributed by atoms with Crippen LogP contribution in [0.2, 0.25) is 0 Å². The highest BCUT2D eigenvalue weighted by Gasteiger charge is 1.89. The zero-order valence-corrected chi connectivity index (χ0v) is 7.38. The molecule has 0 saturated heterocycles. The van der Waals surface area contributed by atoms with Gasteiger partial charge in [0.15, 0.2) is 0 Å². The Morgan fingerprint density at radius 3 is 2.92 bits per heavy atom. The Kier molecular flexibility index (Phi) is 2.81. The van der Waals surface area contributed by atoms with Crippen molar-refractivity contribution in [2.24, 2.45) is 0 Å². The van der Waals surface area contributed by atoms with Crippen LogP contribution in [0.1, 0.15) is 13.3 Å². The monoisotopic (exact) mass is 159 g/mol. The summed E-state index contributed by atoms with van der Waals surface area (Å²) < 4.78 is 0. The molecular formula is C11H13N. The summed E-state index contributed by atoms with van der Waals surface area (Å²) in [7, 11) is 0. The second-order valence-electron chi connectivity index (χ2n) is 2.58. The quantitative estimate of drug-likeness (QED) is 0.632. The summed E-state index contributed by atoms with van der Waals surface area (Å²) in [5.74, 6) is 0. The van der Waals surface area contributed by atoms with Crippen LogP contribution in [0.25, 0.3) is 12.2 Å². The number of hydrogen-bond donors (Lipinski definition) is 0. The molecule has 1 heteroatoms. The average Bonchev–Trinajstić information content (AvgIpc) is 2.10. The van der Waals surface area contributed by atoms with Crippen LogP contribution in [-0.4, -0.2) is 4.98 Å². The molecule has 0 aromatic carbocycles. The lowest BCUT2D eigenvalue weighted by molar-refractivity contribution is 1.18. The van der Waals surface area contributed by atoms with Gasteiger partial charge in [0.2, 0.25) is 0 Å². The van der Waals surface area contributed by atoms with Crippen molar-refractivity contribution in [2.45, 2.75) is 13.3 Å². The Hall–Kier alpha value is -1.37. The van der Waals surface area contributed by atoms with E-state index >= 15 is 0 Å². The number of pyridine rings is 1. The lowest BCUT2D eigenvalue weighted by atomic mass is 10.1. The van der Waals surface area contributed by atoms with E-state index in [0.717, 1.165) is 17.0 Å². The fourth-order valence-electron chi connectivity index (χ4n) is 1.18. The standard InChI is InChI=1S/C11H13N/c1-4-10(5-2)11-7-6-8-12-9(11)3/h4,6-8H,1,3,5H2,2H3. The van der Waals surface area contributed by atoms with Gasteiger partial charge in [0.25, 0.3) is 0 Å². The van der Waals surface area contributed by atoms with Gasteiger partial charge in [-0.25, -0.2) is 0 Å². The van der Waals surface area contributed by atoms with Gasteiger partial charge in [-0.15, -0.1) is 0 Å². The van der Waals surface area contributed by atoms with Crippen molar-refractivity contribution in [3.63, 3.8) is 0 Å². The van der Waals surface area contributed by atoms with Crippen molar-refractivity contribution < 1.29 is 0 Å². The van der Waals surface area contributed by atoms with Gasteiger partial charge in [-0.1, -0.05) is 32.2 Å². The third kappa shape index (κ3) is 1.62. The molecule has 0 amide bonds. The Morgan fingerprint density at radius 2 is 2.42 bits per heavy atom. The number of aromatic nitrogens is 1. The zero-order chi connectivity index (χ0) is 8.97. The maximum absolute atomic E-state index is 4.12. The molecule has 0 spiro atoms. The van der Waals surface area contributed by atoms with E-state index in [1.807, 2.05) is 18.2 Å². The summed E-state index contributed by atoms with van der Waals surface area (Å²) >= 11 is 0. The molecule has 1 aromatic rings. The summed E-state index contributed by atoms with van der Waals surface area (Å²) in [6, 6.07) is 3.94. The second kappa shape index (κ2) is 3.86. The van der Waals surface area contributed by atoms with Crippen LogP contribution >= 0.6 is 0 Å². The van der Waals surface area contributed by atoms with E-state index in [9.17, 15) is 0 Å². The number of nitrogens with zero attached hydrogens (tertiary/aromatic N) is 1. The molecule has 12 heavy (non-hydrogen) atoms. The summed E-state index contributed by atoms with van der Waals surface area (Å²) in [5.41, 5.74) is 1.20. The Morgan fingerprint density at radius 1 is 1.67 bits per heavy atom. The fourth-order valence-corrected chi connectivity index (χ4v) is 1.18. The SMILES string of the molecule is C=CC(CC)=c1cccnc1=C. The normalized spacial score (nSPS) is 12.4. The van der Waals surface area contributed by atoms with Crippen LogP contribution < -0.4 is 10.6 Å². The molecule has 0 bridgehead atoms. The van der Waals surface area contributed by atoms with Crippen LogP contribution in [0.5, 0.6) is 0 Å². The average molecular weight is 159 g/mol. The van der Waals surface area contributed by atoms with Crippen molar-refractivity contribution in [1.82, 2.24) is 4.98 Å². The van der Waals surface area contributed by atoms with E-state index in [1.165, 1.54) is 5.57 Å². The van der Waals surface area contributed by atoms with Crippen LogP contribution in [-0.2, 0) is 0 Å². The highest BCUT2D eigenvalue weighted by molar-refractivity contribution is 5.54. The van der Waals surface area contributed by atoms with Gasteiger partial charge in [0.05, 0.1) is 5.35 Å². The van der Waals surface area contributed by atoms with E-state index in [1.54, 1.807) is 6.20 Å². The molecule has 0 aliphatic heterocycles. The minimum Gasteiger partial charge on any atom is -0.257 e. The number of allylic oxidation sites excluding steroid dienone is 1. The molecule has 0 unspecified atom stereocenters. The molecule has 0 N–H and O–H groups in total. The van der Waals surface area contributed by atoms with E-state index in [2.05, 4.69) is 25.1 Å². The summed E-state index contributed by atoms with van der Waals surface area (Å²) in [5, 5.41) is 1.93. The first kappa shape index (κ1) is 8.72. The lowest BCUT2D eigenvalue weighted by Gasteiger charge is -1.95. The van der Waals surface area contributed by atoms with Gasteiger partial charge >= 0.3 is 0 Å². The molecule has 1 rings (SSSR count). The zero-order valence-electron chi connectivity index (χ0n) is 7.38. The predicted molar refractivity (Wildman–Crippen MR) is 52.9 cm³/mol. The van der Waals surface area contributed by atoms with Gasteiger partial charge < -0.3 is 0 Å². The largest absolute Gasteiger partial charge is 0.257 e. The molecule has 0 fully saturated rings. The van der Waals surface area contributed by atoms with Crippen molar-refractivity contribution in [3.8, 4) is 0 Å². The van der Waals surface area contributed by atoms with Crippen LogP contribution in [0, 0.1) is 0 Å². The molecular weight excluding hydrogens is 146 g/mol. The summed E-state index contributed by atoms with van der Waals surface area (Å²) in [6.07, 6.45) is 4.59.